The second-order valence-electron chi connectivity index (χ2n) is 4.27. The summed E-state index contributed by atoms with van der Waals surface area (Å²) in [5.74, 6) is 0.823. The summed E-state index contributed by atoms with van der Waals surface area (Å²) in [5.41, 5.74) is 3.03. The van der Waals surface area contributed by atoms with E-state index in [0.29, 0.717) is 0 Å². The van der Waals surface area contributed by atoms with Gasteiger partial charge in [-0.2, -0.15) is 4.63 Å². The third-order valence-corrected chi connectivity index (χ3v) is 3.82. The van der Waals surface area contributed by atoms with Crippen molar-refractivity contribution in [3.63, 3.8) is 0 Å². The topological polar surface area (TPSA) is 35.5 Å². The summed E-state index contributed by atoms with van der Waals surface area (Å²) in [6.45, 7) is 0. The maximum absolute atomic E-state index is 4.59. The predicted molar refractivity (Wildman–Crippen MR) is 74.8 cm³/mol. The average molecular weight is 313 g/mol. The molecule has 4 aromatic rings. The average Bonchev–Trinajstić information content (AvgIpc) is 2.98. The molecule has 0 N–H and O–H groups in total. The predicted octanol–water partition coefficient (Wildman–Crippen LogP) is 2.46. The van der Waals surface area contributed by atoms with Crippen LogP contribution in [0.1, 0.15) is 0 Å². The zero-order valence-corrected chi connectivity index (χ0v) is 11.4. The molecule has 0 aliphatic carbocycles. The third-order valence-electron chi connectivity index (χ3n) is 3.13. The Morgan fingerprint density at radius 1 is 1.05 bits per heavy atom. The van der Waals surface area contributed by atoms with Gasteiger partial charge in [-0.3, -0.25) is 9.61 Å². The van der Waals surface area contributed by atoms with Crippen LogP contribution in [-0.4, -0.2) is 9.50 Å². The minimum atomic E-state index is 0.823. The molecule has 0 bridgehead atoms. The Bertz CT molecular complexity index is 891. The zero-order chi connectivity index (χ0) is 12.8. The normalized spacial score (nSPS) is 11.4. The van der Waals surface area contributed by atoms with Gasteiger partial charge in [0.25, 0.3) is 0 Å². The molecule has 0 amide bonds. The van der Waals surface area contributed by atoms with Gasteiger partial charge in [0.2, 0.25) is 0 Å². The highest BCUT2D eigenvalue weighted by Crippen LogP contribution is 2.24. The Kier molecular flexibility index (Phi) is 2.22. The minimum Gasteiger partial charge on any atom is -0.270 e. The van der Waals surface area contributed by atoms with E-state index in [1.54, 1.807) is 6.33 Å². The van der Waals surface area contributed by atoms with Crippen molar-refractivity contribution in [3.8, 4) is 11.4 Å². The lowest BCUT2D eigenvalue weighted by molar-refractivity contribution is -0.664. The lowest BCUT2D eigenvalue weighted by Crippen LogP contribution is -2.32. The van der Waals surface area contributed by atoms with Crippen LogP contribution in [0.4, 0.5) is 0 Å². The van der Waals surface area contributed by atoms with Gasteiger partial charge in [0.1, 0.15) is 0 Å². The summed E-state index contributed by atoms with van der Waals surface area (Å²) in [6.07, 6.45) is 1.80. The molecule has 0 saturated heterocycles. The molecule has 0 radical (unpaired) electrons. The van der Waals surface area contributed by atoms with Crippen LogP contribution in [0.5, 0.6) is 0 Å². The molecule has 2 aromatic carbocycles. The van der Waals surface area contributed by atoms with Gasteiger partial charge in [-0.1, -0.05) is 36.4 Å². The van der Waals surface area contributed by atoms with Crippen LogP contribution in [0, 0.1) is 0 Å². The largest absolute Gasteiger partial charge is 0.342 e. The highest BCUT2D eigenvalue weighted by Gasteiger charge is 2.16. The van der Waals surface area contributed by atoms with Gasteiger partial charge in [0.15, 0.2) is 6.33 Å². The molecule has 5 heteroatoms. The standard InChI is InChI=1S/C14H9BrN4/c15-11-6-2-1-5-10(11)14-16-9-18-13-8-4-3-7-12(13)17-19(14)18/h1-9H. The summed E-state index contributed by atoms with van der Waals surface area (Å²) in [4.78, 5) is 4.47. The third kappa shape index (κ3) is 1.51. The molecule has 0 aliphatic heterocycles. The van der Waals surface area contributed by atoms with Gasteiger partial charge in [-0.25, -0.2) is 0 Å². The van der Waals surface area contributed by atoms with E-state index in [1.807, 2.05) is 57.7 Å². The molecule has 0 spiro atoms. The summed E-state index contributed by atoms with van der Waals surface area (Å²) in [5, 5.41) is 4.59. The second kappa shape index (κ2) is 3.93. The molecule has 0 unspecified atom stereocenters. The van der Waals surface area contributed by atoms with E-state index in [9.17, 15) is 0 Å². The van der Waals surface area contributed by atoms with Gasteiger partial charge in [-0.05, 0) is 33.0 Å². The van der Waals surface area contributed by atoms with E-state index < -0.39 is 0 Å². The molecule has 4 nitrogen and oxygen atoms in total. The smallest absolute Gasteiger partial charge is 0.270 e. The quantitative estimate of drug-likeness (QED) is 0.506. The van der Waals surface area contributed by atoms with E-state index in [-0.39, 0.29) is 0 Å². The van der Waals surface area contributed by atoms with Crippen LogP contribution in [-0.2, 0) is 0 Å². The van der Waals surface area contributed by atoms with Crippen LogP contribution in [0.3, 0.4) is 0 Å². The van der Waals surface area contributed by atoms with Crippen molar-refractivity contribution in [2.75, 3.05) is 0 Å². The van der Waals surface area contributed by atoms with E-state index in [1.165, 1.54) is 0 Å². The van der Waals surface area contributed by atoms with Crippen molar-refractivity contribution in [2.45, 2.75) is 0 Å². The lowest BCUT2D eigenvalue weighted by Gasteiger charge is -1.97. The highest BCUT2D eigenvalue weighted by molar-refractivity contribution is 9.10. The monoisotopic (exact) mass is 312 g/mol. The fourth-order valence-electron chi connectivity index (χ4n) is 2.24. The molecule has 2 aromatic heterocycles. The van der Waals surface area contributed by atoms with Crippen LogP contribution in [0.15, 0.2) is 59.3 Å². The Hall–Kier alpha value is -2.14. The number of hydrogen-bond donors (Lipinski definition) is 0. The lowest BCUT2D eigenvalue weighted by atomic mass is 10.2. The van der Waals surface area contributed by atoms with Crippen molar-refractivity contribution in [2.24, 2.45) is 0 Å². The van der Waals surface area contributed by atoms with Crippen molar-refractivity contribution < 1.29 is 4.63 Å². The number of hydrogen-bond acceptors (Lipinski definition) is 1. The fourth-order valence-corrected chi connectivity index (χ4v) is 2.70. The van der Waals surface area contributed by atoms with Gasteiger partial charge >= 0.3 is 5.82 Å². The number of halogens is 1. The maximum atomic E-state index is 4.59. The first-order valence-corrected chi connectivity index (χ1v) is 6.70. The first kappa shape index (κ1) is 10.8. The number of nitrogens with zero attached hydrogens (tertiary/aromatic N) is 4. The molecule has 92 valence electrons. The summed E-state index contributed by atoms with van der Waals surface area (Å²) >= 11 is 3.56. The first-order chi connectivity index (χ1) is 9.34. The SMILES string of the molecule is Brc1ccccc1-c1ncn2c3ccccc3[n-][n+]12. The van der Waals surface area contributed by atoms with Crippen molar-refractivity contribution in [1.82, 2.24) is 14.6 Å². The molecule has 4 rings (SSSR count). The zero-order valence-electron chi connectivity index (χ0n) is 9.86. The fraction of sp³-hybridized carbons (Fsp3) is 0. The number of para-hydroxylation sites is 1. The van der Waals surface area contributed by atoms with Crippen LogP contribution in [0.25, 0.3) is 22.4 Å². The van der Waals surface area contributed by atoms with Crippen molar-refractivity contribution >= 4 is 27.0 Å². The molecular formula is C14H9BrN4. The Morgan fingerprint density at radius 2 is 1.84 bits per heavy atom. The molecule has 2 heterocycles. The van der Waals surface area contributed by atoms with Gasteiger partial charge in [-0.15, -0.1) is 0 Å². The van der Waals surface area contributed by atoms with Gasteiger partial charge in [0.05, 0.1) is 5.56 Å². The molecule has 0 fully saturated rings. The van der Waals surface area contributed by atoms with E-state index in [2.05, 4.69) is 26.0 Å². The van der Waals surface area contributed by atoms with E-state index >= 15 is 0 Å². The van der Waals surface area contributed by atoms with Gasteiger partial charge in [0, 0.05) is 15.5 Å². The van der Waals surface area contributed by atoms with Crippen molar-refractivity contribution in [3.05, 3.63) is 59.3 Å². The Morgan fingerprint density at radius 3 is 2.74 bits per heavy atom. The minimum absolute atomic E-state index is 0.823. The van der Waals surface area contributed by atoms with Crippen LogP contribution < -0.4 is 9.73 Å². The van der Waals surface area contributed by atoms with Gasteiger partial charge < -0.3 is 0 Å². The molecule has 19 heavy (non-hydrogen) atoms. The Labute approximate surface area is 117 Å². The van der Waals surface area contributed by atoms with E-state index in [0.717, 1.165) is 26.9 Å². The number of benzene rings is 2. The molecular weight excluding hydrogens is 304 g/mol. The van der Waals surface area contributed by atoms with E-state index in [4.69, 9.17) is 0 Å². The summed E-state index contributed by atoms with van der Waals surface area (Å²) in [7, 11) is 0. The molecule has 0 atom stereocenters. The van der Waals surface area contributed by atoms with Crippen LogP contribution in [0.2, 0.25) is 0 Å². The number of rotatable bonds is 1. The molecule has 0 aliphatic rings. The highest BCUT2D eigenvalue weighted by atomic mass is 79.9. The molecule has 0 saturated carbocycles. The second-order valence-corrected chi connectivity index (χ2v) is 5.13. The van der Waals surface area contributed by atoms with Crippen LogP contribution >= 0.6 is 15.9 Å². The number of fused-ring (bicyclic) bond motifs is 3. The Balaban J connectivity index is 2.09. The maximum Gasteiger partial charge on any atom is 0.342 e. The number of aromatic nitrogens is 4. The first-order valence-electron chi connectivity index (χ1n) is 5.90. The summed E-state index contributed by atoms with van der Waals surface area (Å²) in [6, 6.07) is 16.0. The summed E-state index contributed by atoms with van der Waals surface area (Å²) < 4.78 is 4.78. The van der Waals surface area contributed by atoms with Crippen molar-refractivity contribution in [1.29, 1.82) is 0 Å².